The number of aromatic nitrogens is 2. The van der Waals surface area contributed by atoms with E-state index in [4.69, 9.17) is 19.2 Å². The van der Waals surface area contributed by atoms with E-state index in [0.717, 1.165) is 36.5 Å². The van der Waals surface area contributed by atoms with Crippen LogP contribution in [0.5, 0.6) is 0 Å². The van der Waals surface area contributed by atoms with Crippen LogP contribution in [0.2, 0.25) is 0 Å². The topological polar surface area (TPSA) is 121 Å². The van der Waals surface area contributed by atoms with Crippen molar-refractivity contribution in [1.82, 2.24) is 20.2 Å². The van der Waals surface area contributed by atoms with Crippen molar-refractivity contribution in [1.29, 1.82) is 0 Å². The van der Waals surface area contributed by atoms with Crippen molar-refractivity contribution >= 4 is 18.0 Å². The van der Waals surface area contributed by atoms with Gasteiger partial charge in [0, 0.05) is 43.4 Å². The van der Waals surface area contributed by atoms with Crippen molar-refractivity contribution in [3.8, 4) is 11.3 Å². The third-order valence-electron chi connectivity index (χ3n) is 6.90. The molecule has 1 aromatic heterocycles. The van der Waals surface area contributed by atoms with Crippen LogP contribution >= 0.6 is 0 Å². The average Bonchev–Trinajstić information content (AvgIpc) is 3.29. The van der Waals surface area contributed by atoms with Crippen molar-refractivity contribution in [2.45, 2.75) is 84.7 Å². The van der Waals surface area contributed by atoms with Crippen LogP contribution in [0.15, 0.2) is 30.5 Å². The smallest absolute Gasteiger partial charge is 0.444 e. The molecule has 0 saturated carbocycles. The maximum atomic E-state index is 13.4. The molecule has 40 heavy (non-hydrogen) atoms. The predicted octanol–water partition coefficient (Wildman–Crippen LogP) is 4.75. The molecule has 10 nitrogen and oxygen atoms in total. The van der Waals surface area contributed by atoms with E-state index in [1.807, 2.05) is 51.2 Å². The molecule has 1 saturated heterocycles. The number of Topliss-reactive ketones (excluding diaryl/α,β-unsaturated/α-hetero) is 1. The molecule has 0 aliphatic carbocycles. The number of piperidine rings is 1. The number of carbonyl (C=O) groups is 3. The van der Waals surface area contributed by atoms with Crippen LogP contribution in [-0.4, -0.2) is 64.5 Å². The quantitative estimate of drug-likeness (QED) is 0.388. The van der Waals surface area contributed by atoms with Crippen molar-refractivity contribution in [3.05, 3.63) is 41.9 Å². The molecule has 0 spiro atoms. The number of imidazole rings is 1. The lowest BCUT2D eigenvalue weighted by molar-refractivity contribution is -0.0416. The van der Waals surface area contributed by atoms with Gasteiger partial charge in [-0.05, 0) is 66.8 Å². The SMILES string of the molecule is CC(C)(C)OC(=O)NCC1CCn2cc(-c3ccc(C(=O)C4CNCCC4OC(=O)OC(C)(C)C)cc3)nc2C1. The molecule has 2 aliphatic heterocycles. The number of amides is 1. The standard InChI is InChI=1S/C30H42N4O6/c1-29(2,3)39-27(36)32-16-19-12-14-34-18-23(33-25(34)15-19)20-7-9-21(10-8-20)26(35)22-17-31-13-11-24(22)38-28(37)40-30(4,5)6/h7-10,18-19,22,24,31H,11-17H2,1-6H3,(H,32,36). The van der Waals surface area contributed by atoms with Gasteiger partial charge in [-0.1, -0.05) is 24.3 Å². The van der Waals surface area contributed by atoms with E-state index in [1.165, 1.54) is 0 Å². The third kappa shape index (κ3) is 8.06. The molecular formula is C30H42N4O6. The first kappa shape index (κ1) is 29.6. The zero-order valence-corrected chi connectivity index (χ0v) is 24.4. The van der Waals surface area contributed by atoms with Crippen LogP contribution < -0.4 is 10.6 Å². The third-order valence-corrected chi connectivity index (χ3v) is 6.90. The zero-order valence-electron chi connectivity index (χ0n) is 24.4. The summed E-state index contributed by atoms with van der Waals surface area (Å²) in [7, 11) is 0. The van der Waals surface area contributed by atoms with E-state index < -0.39 is 35.5 Å². The van der Waals surface area contributed by atoms with Crippen LogP contribution in [-0.2, 0) is 27.2 Å². The minimum Gasteiger partial charge on any atom is -0.444 e. The lowest BCUT2D eigenvalue weighted by Gasteiger charge is -2.31. The van der Waals surface area contributed by atoms with Gasteiger partial charge in [0.25, 0.3) is 0 Å². The van der Waals surface area contributed by atoms with Crippen molar-refractivity contribution in [2.75, 3.05) is 19.6 Å². The second-order valence-electron chi connectivity index (χ2n) is 12.6. The Hall–Kier alpha value is -3.40. The lowest BCUT2D eigenvalue weighted by Crippen LogP contribution is -2.46. The van der Waals surface area contributed by atoms with Gasteiger partial charge in [-0.15, -0.1) is 0 Å². The summed E-state index contributed by atoms with van der Waals surface area (Å²) in [5.74, 6) is 0.707. The van der Waals surface area contributed by atoms with Gasteiger partial charge in [-0.25, -0.2) is 14.6 Å². The molecule has 0 bridgehead atoms. The number of nitrogens with one attached hydrogen (secondary N) is 2. The van der Waals surface area contributed by atoms with Gasteiger partial charge < -0.3 is 29.4 Å². The average molecular weight is 555 g/mol. The van der Waals surface area contributed by atoms with Gasteiger partial charge in [0.15, 0.2) is 5.78 Å². The van der Waals surface area contributed by atoms with Gasteiger partial charge in [0.1, 0.15) is 23.1 Å². The molecule has 2 N–H and O–H groups in total. The second-order valence-corrected chi connectivity index (χ2v) is 12.6. The number of hydrogen-bond acceptors (Lipinski definition) is 8. The van der Waals surface area contributed by atoms with Crippen LogP contribution in [0.1, 0.15) is 70.6 Å². The summed E-state index contributed by atoms with van der Waals surface area (Å²) in [5, 5.41) is 6.11. The summed E-state index contributed by atoms with van der Waals surface area (Å²) in [6, 6.07) is 7.43. The minimum atomic E-state index is -0.751. The first-order chi connectivity index (χ1) is 18.8. The summed E-state index contributed by atoms with van der Waals surface area (Å²) in [6.45, 7) is 13.3. The molecule has 3 heterocycles. The van der Waals surface area contributed by atoms with Crippen LogP contribution in [0.3, 0.4) is 0 Å². The number of benzene rings is 1. The van der Waals surface area contributed by atoms with Gasteiger partial charge >= 0.3 is 12.2 Å². The van der Waals surface area contributed by atoms with Gasteiger partial charge in [0.2, 0.25) is 0 Å². The number of hydrogen-bond donors (Lipinski definition) is 2. The van der Waals surface area contributed by atoms with Crippen molar-refractivity contribution < 1.29 is 28.6 Å². The van der Waals surface area contributed by atoms with Crippen LogP contribution in [0.25, 0.3) is 11.3 Å². The summed E-state index contributed by atoms with van der Waals surface area (Å²) in [6.07, 6.45) is 2.60. The fourth-order valence-corrected chi connectivity index (χ4v) is 5.00. The summed E-state index contributed by atoms with van der Waals surface area (Å²) >= 11 is 0. The molecule has 3 unspecified atom stereocenters. The van der Waals surface area contributed by atoms with Gasteiger partial charge in [-0.2, -0.15) is 0 Å². The van der Waals surface area contributed by atoms with E-state index >= 15 is 0 Å². The van der Waals surface area contributed by atoms with E-state index in [9.17, 15) is 14.4 Å². The second kappa shape index (κ2) is 12.0. The lowest BCUT2D eigenvalue weighted by atomic mass is 9.88. The summed E-state index contributed by atoms with van der Waals surface area (Å²) in [5.41, 5.74) is 1.15. The summed E-state index contributed by atoms with van der Waals surface area (Å²) < 4.78 is 18.3. The molecule has 1 amide bonds. The predicted molar refractivity (Wildman–Crippen MR) is 150 cm³/mol. The van der Waals surface area contributed by atoms with Crippen molar-refractivity contribution in [2.24, 2.45) is 11.8 Å². The number of carbonyl (C=O) groups excluding carboxylic acids is 3. The highest BCUT2D eigenvalue weighted by atomic mass is 16.7. The van der Waals surface area contributed by atoms with Crippen molar-refractivity contribution in [3.63, 3.8) is 0 Å². The number of rotatable bonds is 6. The molecule has 2 aromatic rings. The zero-order chi connectivity index (χ0) is 29.1. The van der Waals surface area contributed by atoms with Gasteiger partial charge in [0.05, 0.1) is 11.6 Å². The Morgan fingerprint density at radius 3 is 2.40 bits per heavy atom. The van der Waals surface area contributed by atoms with E-state index in [1.54, 1.807) is 20.8 Å². The van der Waals surface area contributed by atoms with E-state index in [2.05, 4.69) is 15.2 Å². The molecule has 1 fully saturated rings. The van der Waals surface area contributed by atoms with Crippen LogP contribution in [0.4, 0.5) is 9.59 Å². The first-order valence-electron chi connectivity index (χ1n) is 14.1. The Bertz CT molecular complexity index is 1210. The van der Waals surface area contributed by atoms with Gasteiger partial charge in [-0.3, -0.25) is 4.79 Å². The molecule has 10 heteroatoms. The number of fused-ring (bicyclic) bond motifs is 1. The normalized spacial score (nSPS) is 21.2. The Morgan fingerprint density at radius 2 is 1.73 bits per heavy atom. The minimum absolute atomic E-state index is 0.0724. The van der Waals surface area contributed by atoms with E-state index in [-0.39, 0.29) is 11.7 Å². The highest BCUT2D eigenvalue weighted by Gasteiger charge is 2.35. The fourth-order valence-electron chi connectivity index (χ4n) is 5.00. The highest BCUT2D eigenvalue weighted by molar-refractivity contribution is 5.99. The number of alkyl carbamates (subject to hydrolysis) is 1. The monoisotopic (exact) mass is 554 g/mol. The largest absolute Gasteiger partial charge is 0.509 e. The molecule has 2 aliphatic rings. The maximum Gasteiger partial charge on any atom is 0.509 e. The van der Waals surface area contributed by atoms with E-state index in [0.29, 0.717) is 31.6 Å². The Labute approximate surface area is 236 Å². The summed E-state index contributed by atoms with van der Waals surface area (Å²) in [4.78, 5) is 42.5. The van der Waals surface area contributed by atoms with Crippen LogP contribution in [0, 0.1) is 11.8 Å². The number of aryl methyl sites for hydroxylation is 1. The molecule has 4 rings (SSSR count). The Morgan fingerprint density at radius 1 is 1.02 bits per heavy atom. The molecule has 3 atom stereocenters. The molecule has 218 valence electrons. The number of ether oxygens (including phenoxy) is 3. The first-order valence-corrected chi connectivity index (χ1v) is 14.1. The molecule has 1 aromatic carbocycles. The molecule has 0 radical (unpaired) electrons. The molecular weight excluding hydrogens is 512 g/mol. The maximum absolute atomic E-state index is 13.4. The Balaban J connectivity index is 1.37. The number of nitrogens with zero attached hydrogens (tertiary/aromatic N) is 2. The Kier molecular flexibility index (Phi) is 8.87. The fraction of sp³-hybridized carbons (Fsp3) is 0.600. The highest BCUT2D eigenvalue weighted by Crippen LogP contribution is 2.27. The number of ketones is 1.